The first-order valence-corrected chi connectivity index (χ1v) is 5.05. The van der Waals surface area contributed by atoms with Gasteiger partial charge in [-0.05, 0) is 31.5 Å². The number of nitrogens with one attached hydrogen (secondary N) is 1. The lowest BCUT2D eigenvalue weighted by molar-refractivity contribution is 0.147. The molecular weight excluding hydrogens is 204 g/mol. The van der Waals surface area contributed by atoms with Crippen LogP contribution in [0.25, 0.3) is 0 Å². The second-order valence-electron chi connectivity index (χ2n) is 4.16. The van der Waals surface area contributed by atoms with Crippen LogP contribution >= 0.6 is 0 Å². The first-order valence-electron chi connectivity index (χ1n) is 5.05. The smallest absolute Gasteiger partial charge is 0.101 e. The third-order valence-corrected chi connectivity index (χ3v) is 2.43. The van der Waals surface area contributed by atoms with Crippen molar-refractivity contribution >= 4 is 5.69 Å². The summed E-state index contributed by atoms with van der Waals surface area (Å²) in [6.45, 7) is 3.18. The SMILES string of the molecule is Cc1ccc(NC(C)(CO)CO)c(C#N)c1. The van der Waals surface area contributed by atoms with Gasteiger partial charge in [0.25, 0.3) is 0 Å². The van der Waals surface area contributed by atoms with Gasteiger partial charge in [0.1, 0.15) is 6.07 Å². The Hall–Kier alpha value is -1.57. The zero-order valence-corrected chi connectivity index (χ0v) is 9.49. The molecule has 0 unspecified atom stereocenters. The second-order valence-corrected chi connectivity index (χ2v) is 4.16. The largest absolute Gasteiger partial charge is 0.394 e. The van der Waals surface area contributed by atoms with Crippen LogP contribution in [0, 0.1) is 18.3 Å². The van der Waals surface area contributed by atoms with Crippen molar-refractivity contribution in [2.45, 2.75) is 19.4 Å². The maximum atomic E-state index is 9.16. The number of hydrogen-bond donors (Lipinski definition) is 3. The molecule has 0 radical (unpaired) electrons. The van der Waals surface area contributed by atoms with E-state index in [0.717, 1.165) is 5.56 Å². The Balaban J connectivity index is 3.02. The monoisotopic (exact) mass is 220 g/mol. The number of rotatable bonds is 4. The van der Waals surface area contributed by atoms with Crippen molar-refractivity contribution in [3.8, 4) is 6.07 Å². The highest BCUT2D eigenvalue weighted by Gasteiger charge is 2.22. The van der Waals surface area contributed by atoms with Crippen molar-refractivity contribution in [2.24, 2.45) is 0 Å². The Bertz CT molecular complexity index is 406. The Morgan fingerprint density at radius 3 is 2.50 bits per heavy atom. The van der Waals surface area contributed by atoms with Crippen LogP contribution in [0.15, 0.2) is 18.2 Å². The molecule has 16 heavy (non-hydrogen) atoms. The van der Waals surface area contributed by atoms with Crippen LogP contribution in [0.2, 0.25) is 0 Å². The molecule has 1 aromatic rings. The van der Waals surface area contributed by atoms with Crippen molar-refractivity contribution in [2.75, 3.05) is 18.5 Å². The molecule has 0 fully saturated rings. The lowest BCUT2D eigenvalue weighted by atomic mass is 10.0. The highest BCUT2D eigenvalue weighted by molar-refractivity contribution is 5.59. The van der Waals surface area contributed by atoms with Crippen LogP contribution in [0.1, 0.15) is 18.1 Å². The van der Waals surface area contributed by atoms with Gasteiger partial charge in [0.2, 0.25) is 0 Å². The summed E-state index contributed by atoms with van der Waals surface area (Å²) < 4.78 is 0. The van der Waals surface area contributed by atoms with Gasteiger partial charge in [-0.1, -0.05) is 6.07 Å². The normalized spacial score (nSPS) is 10.9. The Morgan fingerprint density at radius 1 is 1.38 bits per heavy atom. The Kier molecular flexibility index (Phi) is 3.88. The molecule has 0 aliphatic rings. The molecule has 0 spiro atoms. The van der Waals surface area contributed by atoms with E-state index in [1.807, 2.05) is 13.0 Å². The fraction of sp³-hybridized carbons (Fsp3) is 0.417. The standard InChI is InChI=1S/C12H16N2O2/c1-9-3-4-11(10(5-9)6-13)14-12(2,7-15)8-16/h3-5,14-16H,7-8H2,1-2H3. The molecule has 0 aliphatic carbocycles. The minimum Gasteiger partial charge on any atom is -0.394 e. The number of benzene rings is 1. The van der Waals surface area contributed by atoms with E-state index in [0.29, 0.717) is 11.3 Å². The third kappa shape index (κ3) is 2.72. The summed E-state index contributed by atoms with van der Waals surface area (Å²) >= 11 is 0. The Labute approximate surface area is 95.2 Å². The van der Waals surface area contributed by atoms with Gasteiger partial charge in [-0.15, -0.1) is 0 Å². The molecule has 0 saturated heterocycles. The van der Waals surface area contributed by atoms with Crippen molar-refractivity contribution in [3.05, 3.63) is 29.3 Å². The molecule has 3 N–H and O–H groups in total. The maximum Gasteiger partial charge on any atom is 0.101 e. The third-order valence-electron chi connectivity index (χ3n) is 2.43. The van der Waals surface area contributed by atoms with E-state index in [1.165, 1.54) is 0 Å². The quantitative estimate of drug-likeness (QED) is 0.708. The van der Waals surface area contributed by atoms with Crippen LogP contribution in [0.4, 0.5) is 5.69 Å². The van der Waals surface area contributed by atoms with Crippen LogP contribution in [-0.2, 0) is 0 Å². The molecule has 0 amide bonds. The van der Waals surface area contributed by atoms with Crippen LogP contribution < -0.4 is 5.32 Å². The molecule has 0 aliphatic heterocycles. The number of nitriles is 1. The molecule has 1 aromatic carbocycles. The molecule has 86 valence electrons. The number of aliphatic hydroxyl groups excluding tert-OH is 2. The van der Waals surface area contributed by atoms with Gasteiger partial charge in [0.15, 0.2) is 0 Å². The lowest BCUT2D eigenvalue weighted by Gasteiger charge is -2.28. The van der Waals surface area contributed by atoms with E-state index in [9.17, 15) is 0 Å². The predicted octanol–water partition coefficient (Wildman–Crippen LogP) is 1.02. The number of nitrogens with zero attached hydrogens (tertiary/aromatic N) is 1. The highest BCUT2D eigenvalue weighted by atomic mass is 16.3. The molecule has 4 heteroatoms. The van der Waals surface area contributed by atoms with Gasteiger partial charge >= 0.3 is 0 Å². The number of aliphatic hydroxyl groups is 2. The summed E-state index contributed by atoms with van der Waals surface area (Å²) in [5.41, 5.74) is 1.31. The van der Waals surface area contributed by atoms with Gasteiger partial charge in [-0.3, -0.25) is 0 Å². The summed E-state index contributed by atoms with van der Waals surface area (Å²) in [6.07, 6.45) is 0. The highest BCUT2D eigenvalue weighted by Crippen LogP contribution is 2.20. The van der Waals surface area contributed by atoms with Gasteiger partial charge in [-0.25, -0.2) is 0 Å². The summed E-state index contributed by atoms with van der Waals surface area (Å²) in [6, 6.07) is 7.49. The second kappa shape index (κ2) is 4.97. The lowest BCUT2D eigenvalue weighted by Crippen LogP contribution is -2.42. The average Bonchev–Trinajstić information content (AvgIpc) is 2.31. The summed E-state index contributed by atoms with van der Waals surface area (Å²) in [5.74, 6) is 0. The molecule has 0 heterocycles. The van der Waals surface area contributed by atoms with E-state index in [2.05, 4.69) is 11.4 Å². The summed E-state index contributed by atoms with van der Waals surface area (Å²) in [7, 11) is 0. The first-order chi connectivity index (χ1) is 7.54. The first kappa shape index (κ1) is 12.5. The van der Waals surface area contributed by atoms with Gasteiger partial charge in [0.05, 0.1) is 30.0 Å². The van der Waals surface area contributed by atoms with E-state index in [4.69, 9.17) is 15.5 Å². The van der Waals surface area contributed by atoms with Crippen molar-refractivity contribution in [1.29, 1.82) is 5.26 Å². The van der Waals surface area contributed by atoms with Crippen molar-refractivity contribution in [3.63, 3.8) is 0 Å². The number of anilines is 1. The molecule has 1 rings (SSSR count). The maximum absolute atomic E-state index is 9.16. The predicted molar refractivity (Wildman–Crippen MR) is 62.1 cm³/mol. The average molecular weight is 220 g/mol. The molecule has 4 nitrogen and oxygen atoms in total. The van der Waals surface area contributed by atoms with Gasteiger partial charge < -0.3 is 15.5 Å². The zero-order chi connectivity index (χ0) is 12.2. The van der Waals surface area contributed by atoms with Gasteiger partial charge in [0, 0.05) is 0 Å². The summed E-state index contributed by atoms with van der Waals surface area (Å²) in [5, 5.41) is 30.3. The molecule has 0 bridgehead atoms. The van der Waals surface area contributed by atoms with Crippen LogP contribution in [0.5, 0.6) is 0 Å². The number of aryl methyl sites for hydroxylation is 1. The molecule has 0 atom stereocenters. The van der Waals surface area contributed by atoms with Crippen LogP contribution in [0.3, 0.4) is 0 Å². The van der Waals surface area contributed by atoms with Gasteiger partial charge in [-0.2, -0.15) is 5.26 Å². The van der Waals surface area contributed by atoms with E-state index >= 15 is 0 Å². The topological polar surface area (TPSA) is 76.3 Å². The van der Waals surface area contributed by atoms with E-state index in [-0.39, 0.29) is 13.2 Å². The molecule has 0 saturated carbocycles. The van der Waals surface area contributed by atoms with E-state index in [1.54, 1.807) is 19.1 Å². The summed E-state index contributed by atoms with van der Waals surface area (Å²) in [4.78, 5) is 0. The van der Waals surface area contributed by atoms with Crippen molar-refractivity contribution in [1.82, 2.24) is 0 Å². The molecule has 0 aromatic heterocycles. The fourth-order valence-corrected chi connectivity index (χ4v) is 1.31. The fourth-order valence-electron chi connectivity index (χ4n) is 1.31. The van der Waals surface area contributed by atoms with Crippen LogP contribution in [-0.4, -0.2) is 29.0 Å². The van der Waals surface area contributed by atoms with E-state index < -0.39 is 5.54 Å². The minimum absolute atomic E-state index is 0.206. The zero-order valence-electron chi connectivity index (χ0n) is 9.49. The van der Waals surface area contributed by atoms with Crippen molar-refractivity contribution < 1.29 is 10.2 Å². The Morgan fingerprint density at radius 2 is 2.00 bits per heavy atom. The molecular formula is C12H16N2O2. The number of hydrogen-bond acceptors (Lipinski definition) is 4. The minimum atomic E-state index is -0.819.